The Morgan fingerprint density at radius 2 is 1.65 bits per heavy atom. The first-order valence-corrected chi connectivity index (χ1v) is 9.22. The van der Waals surface area contributed by atoms with Crippen LogP contribution in [0.3, 0.4) is 0 Å². The van der Waals surface area contributed by atoms with Gasteiger partial charge in [0.1, 0.15) is 18.6 Å². The normalized spacial score (nSPS) is 11.5. The van der Waals surface area contributed by atoms with Gasteiger partial charge in [0.15, 0.2) is 0 Å². The SMILES string of the molecule is CC.O=Cc1cccc(-c2ccc(OCc3ccccc3)c3c2CC3)c1. The number of carbonyl (C=O) groups excluding carboxylic acids is 1. The third-order valence-corrected chi connectivity index (χ3v) is 4.58. The molecule has 0 spiro atoms. The third kappa shape index (κ3) is 3.70. The minimum Gasteiger partial charge on any atom is -0.489 e. The zero-order valence-corrected chi connectivity index (χ0v) is 15.4. The van der Waals surface area contributed by atoms with Crippen molar-refractivity contribution in [1.29, 1.82) is 0 Å². The van der Waals surface area contributed by atoms with Crippen LogP contribution in [0.15, 0.2) is 66.7 Å². The van der Waals surface area contributed by atoms with Gasteiger partial charge in [-0.15, -0.1) is 0 Å². The second-order valence-corrected chi connectivity index (χ2v) is 6.09. The van der Waals surface area contributed by atoms with Crippen LogP contribution >= 0.6 is 0 Å². The smallest absolute Gasteiger partial charge is 0.150 e. The largest absolute Gasteiger partial charge is 0.489 e. The van der Waals surface area contributed by atoms with Gasteiger partial charge in [-0.1, -0.05) is 68.4 Å². The molecule has 0 bridgehead atoms. The van der Waals surface area contributed by atoms with Crippen molar-refractivity contribution in [3.05, 3.63) is 89.0 Å². The Morgan fingerprint density at radius 3 is 2.35 bits per heavy atom. The fourth-order valence-corrected chi connectivity index (χ4v) is 3.22. The maximum absolute atomic E-state index is 11.0. The van der Waals surface area contributed by atoms with Gasteiger partial charge in [-0.2, -0.15) is 0 Å². The fraction of sp³-hybridized carbons (Fsp3) is 0.208. The van der Waals surface area contributed by atoms with Crippen LogP contribution < -0.4 is 4.74 Å². The zero-order chi connectivity index (χ0) is 18.4. The molecular formula is C24H24O2. The third-order valence-electron chi connectivity index (χ3n) is 4.58. The maximum Gasteiger partial charge on any atom is 0.150 e. The van der Waals surface area contributed by atoms with Gasteiger partial charge >= 0.3 is 0 Å². The van der Waals surface area contributed by atoms with E-state index >= 15 is 0 Å². The Balaban J connectivity index is 0.000000948. The average Bonchev–Trinajstić information content (AvgIpc) is 2.69. The van der Waals surface area contributed by atoms with E-state index < -0.39 is 0 Å². The van der Waals surface area contributed by atoms with Crippen molar-refractivity contribution in [1.82, 2.24) is 0 Å². The summed E-state index contributed by atoms with van der Waals surface area (Å²) >= 11 is 0. The molecule has 3 aromatic rings. The van der Waals surface area contributed by atoms with E-state index in [2.05, 4.69) is 30.3 Å². The summed E-state index contributed by atoms with van der Waals surface area (Å²) in [5.41, 5.74) is 6.86. The summed E-state index contributed by atoms with van der Waals surface area (Å²) in [6.07, 6.45) is 3.02. The van der Waals surface area contributed by atoms with Crippen molar-refractivity contribution in [2.75, 3.05) is 0 Å². The molecule has 0 radical (unpaired) electrons. The number of rotatable bonds is 5. The lowest BCUT2D eigenvalue weighted by molar-refractivity contribution is 0.112. The molecule has 0 atom stereocenters. The highest BCUT2D eigenvalue weighted by molar-refractivity contribution is 5.80. The van der Waals surface area contributed by atoms with Crippen molar-refractivity contribution >= 4 is 6.29 Å². The van der Waals surface area contributed by atoms with E-state index in [0.717, 1.165) is 30.4 Å². The molecule has 0 aliphatic heterocycles. The van der Waals surface area contributed by atoms with E-state index in [9.17, 15) is 4.79 Å². The fourth-order valence-electron chi connectivity index (χ4n) is 3.22. The molecule has 2 nitrogen and oxygen atoms in total. The number of carbonyl (C=O) groups is 1. The van der Waals surface area contributed by atoms with Crippen LogP contribution in [0.2, 0.25) is 0 Å². The number of hydrogen-bond donors (Lipinski definition) is 0. The molecule has 0 fully saturated rings. The highest BCUT2D eigenvalue weighted by atomic mass is 16.5. The van der Waals surface area contributed by atoms with E-state index in [0.29, 0.717) is 12.2 Å². The molecule has 1 aliphatic rings. The molecular weight excluding hydrogens is 320 g/mol. The van der Waals surface area contributed by atoms with E-state index in [1.165, 1.54) is 22.3 Å². The molecule has 26 heavy (non-hydrogen) atoms. The van der Waals surface area contributed by atoms with Crippen LogP contribution in [0, 0.1) is 0 Å². The van der Waals surface area contributed by atoms with E-state index in [1.54, 1.807) is 0 Å². The van der Waals surface area contributed by atoms with Gasteiger partial charge in [0.25, 0.3) is 0 Å². The quantitative estimate of drug-likeness (QED) is 0.541. The Bertz CT molecular complexity index is 882. The van der Waals surface area contributed by atoms with Crippen molar-refractivity contribution < 1.29 is 9.53 Å². The second-order valence-electron chi connectivity index (χ2n) is 6.09. The van der Waals surface area contributed by atoms with E-state index in [4.69, 9.17) is 4.74 Å². The van der Waals surface area contributed by atoms with Crippen LogP contribution in [0.5, 0.6) is 5.75 Å². The summed E-state index contributed by atoms with van der Waals surface area (Å²) < 4.78 is 6.03. The molecule has 0 heterocycles. The minimum atomic E-state index is 0.591. The van der Waals surface area contributed by atoms with Gasteiger partial charge in [0.2, 0.25) is 0 Å². The summed E-state index contributed by atoms with van der Waals surface area (Å²) in [4.78, 5) is 11.0. The van der Waals surface area contributed by atoms with Crippen LogP contribution in [0.25, 0.3) is 11.1 Å². The zero-order valence-electron chi connectivity index (χ0n) is 15.4. The van der Waals surface area contributed by atoms with E-state index in [-0.39, 0.29) is 0 Å². The second kappa shape index (κ2) is 8.48. The maximum atomic E-state index is 11.0. The molecule has 0 saturated carbocycles. The highest BCUT2D eigenvalue weighted by Crippen LogP contribution is 2.39. The topological polar surface area (TPSA) is 26.3 Å². The van der Waals surface area contributed by atoms with Gasteiger partial charge < -0.3 is 4.74 Å². The first kappa shape index (κ1) is 17.9. The summed E-state index contributed by atoms with van der Waals surface area (Å²) in [5, 5.41) is 0. The molecule has 0 amide bonds. The van der Waals surface area contributed by atoms with Crippen LogP contribution in [-0.2, 0) is 19.4 Å². The Labute approximate surface area is 155 Å². The number of benzene rings is 3. The van der Waals surface area contributed by atoms with Crippen LogP contribution in [0.1, 0.15) is 40.9 Å². The van der Waals surface area contributed by atoms with Gasteiger partial charge in [0, 0.05) is 5.56 Å². The summed E-state index contributed by atoms with van der Waals surface area (Å²) in [6, 6.07) is 22.2. The summed E-state index contributed by atoms with van der Waals surface area (Å²) in [5.74, 6) is 0.982. The van der Waals surface area contributed by atoms with Gasteiger partial charge in [-0.25, -0.2) is 0 Å². The van der Waals surface area contributed by atoms with Crippen molar-refractivity contribution in [2.45, 2.75) is 33.3 Å². The molecule has 1 aliphatic carbocycles. The molecule has 0 unspecified atom stereocenters. The first-order valence-electron chi connectivity index (χ1n) is 9.22. The van der Waals surface area contributed by atoms with Gasteiger partial charge in [-0.3, -0.25) is 4.79 Å². The van der Waals surface area contributed by atoms with Gasteiger partial charge in [0.05, 0.1) is 0 Å². The Kier molecular flexibility index (Phi) is 5.85. The van der Waals surface area contributed by atoms with Gasteiger partial charge in [-0.05, 0) is 52.8 Å². The summed E-state index contributed by atoms with van der Waals surface area (Å²) in [7, 11) is 0. The van der Waals surface area contributed by atoms with Crippen molar-refractivity contribution in [3.63, 3.8) is 0 Å². The number of fused-ring (bicyclic) bond motifs is 1. The molecule has 0 aromatic heterocycles. The van der Waals surface area contributed by atoms with E-state index in [1.807, 2.05) is 50.2 Å². The molecule has 132 valence electrons. The molecule has 3 aromatic carbocycles. The molecule has 4 rings (SSSR count). The average molecular weight is 344 g/mol. The lowest BCUT2D eigenvalue weighted by Crippen LogP contribution is -2.13. The lowest BCUT2D eigenvalue weighted by Gasteiger charge is -2.26. The summed E-state index contributed by atoms with van der Waals surface area (Å²) in [6.45, 7) is 4.59. The predicted molar refractivity (Wildman–Crippen MR) is 107 cm³/mol. The standard InChI is InChI=1S/C22H18O2.C2H6/c23-14-17-7-4-8-18(13-17)19-11-12-22(21-10-9-20(19)21)24-15-16-5-2-1-3-6-16;1-2/h1-8,11-14H,9-10,15H2;1-2H3. The number of ether oxygens (including phenoxy) is 1. The number of hydrogen-bond acceptors (Lipinski definition) is 2. The van der Waals surface area contributed by atoms with Crippen LogP contribution in [-0.4, -0.2) is 6.29 Å². The minimum absolute atomic E-state index is 0.591. The molecule has 2 heteroatoms. The monoisotopic (exact) mass is 344 g/mol. The molecule has 0 N–H and O–H groups in total. The first-order chi connectivity index (χ1) is 12.8. The molecule has 0 saturated heterocycles. The Morgan fingerprint density at radius 1 is 0.885 bits per heavy atom. The number of aldehydes is 1. The lowest BCUT2D eigenvalue weighted by atomic mass is 9.81. The Hall–Kier alpha value is -2.87. The van der Waals surface area contributed by atoms with Crippen molar-refractivity contribution in [2.24, 2.45) is 0 Å². The highest BCUT2D eigenvalue weighted by Gasteiger charge is 2.22. The predicted octanol–water partition coefficient (Wildman–Crippen LogP) is 5.87. The van der Waals surface area contributed by atoms with Crippen LogP contribution in [0.4, 0.5) is 0 Å². The van der Waals surface area contributed by atoms with Crippen molar-refractivity contribution in [3.8, 4) is 16.9 Å².